The molecule has 5 heteroatoms. The van der Waals surface area contributed by atoms with E-state index in [1.807, 2.05) is 13.0 Å². The fraction of sp³-hybridized carbons (Fsp3) is 0.308. The van der Waals surface area contributed by atoms with Gasteiger partial charge in [-0.1, -0.05) is 12.1 Å². The molecule has 0 bridgehead atoms. The van der Waals surface area contributed by atoms with Crippen LogP contribution in [0.3, 0.4) is 0 Å². The van der Waals surface area contributed by atoms with Gasteiger partial charge >= 0.3 is 0 Å². The van der Waals surface area contributed by atoms with Gasteiger partial charge in [0, 0.05) is 12.2 Å². The van der Waals surface area contributed by atoms with Crippen LogP contribution in [-0.2, 0) is 13.0 Å². The summed E-state index contributed by atoms with van der Waals surface area (Å²) >= 11 is 1.48. The molecule has 0 saturated carbocycles. The quantitative estimate of drug-likeness (QED) is 0.905. The zero-order chi connectivity index (χ0) is 13.0. The molecule has 18 heavy (non-hydrogen) atoms. The fourth-order valence-corrected chi connectivity index (χ4v) is 2.19. The Hall–Kier alpha value is -1.46. The molecule has 0 aliphatic heterocycles. The highest BCUT2D eigenvalue weighted by Gasteiger charge is 2.11. The highest BCUT2D eigenvalue weighted by molar-refractivity contribution is 7.09. The molecule has 0 spiro atoms. The lowest BCUT2D eigenvalue weighted by Gasteiger charge is -2.13. The lowest BCUT2D eigenvalue weighted by molar-refractivity contribution is 0.289. The van der Waals surface area contributed by atoms with Crippen molar-refractivity contribution in [3.8, 4) is 5.75 Å². The van der Waals surface area contributed by atoms with Gasteiger partial charge in [-0.05, 0) is 25.0 Å². The third-order valence-corrected chi connectivity index (χ3v) is 3.19. The minimum atomic E-state index is -0.349. The molecule has 3 nitrogen and oxygen atoms in total. The Balaban J connectivity index is 2.14. The van der Waals surface area contributed by atoms with Crippen LogP contribution in [0.25, 0.3) is 0 Å². The third-order valence-electron chi connectivity index (χ3n) is 2.43. The van der Waals surface area contributed by atoms with Crippen LogP contribution in [-0.4, -0.2) is 11.0 Å². The molecule has 96 valence electrons. The Morgan fingerprint density at radius 3 is 3.00 bits per heavy atom. The smallest absolute Gasteiger partial charge is 0.165 e. The normalized spacial score (nSPS) is 12.4. The molecule has 0 aliphatic rings. The minimum Gasteiger partial charge on any atom is -0.485 e. The van der Waals surface area contributed by atoms with Gasteiger partial charge in [0.1, 0.15) is 6.61 Å². The Bertz CT molecular complexity index is 500. The fourth-order valence-electron chi connectivity index (χ4n) is 1.68. The van der Waals surface area contributed by atoms with E-state index in [1.165, 1.54) is 17.4 Å². The predicted molar refractivity (Wildman–Crippen MR) is 70.2 cm³/mol. The van der Waals surface area contributed by atoms with Crippen LogP contribution in [0.15, 0.2) is 29.9 Å². The SMILES string of the molecule is CC(N)Cc1cccc(F)c1OCc1cncs1. The number of benzene rings is 1. The van der Waals surface area contributed by atoms with Crippen LogP contribution in [0, 0.1) is 5.82 Å². The number of hydrogen-bond acceptors (Lipinski definition) is 4. The molecule has 1 heterocycles. The number of para-hydroxylation sites is 1. The Morgan fingerprint density at radius 2 is 2.33 bits per heavy atom. The van der Waals surface area contributed by atoms with Crippen molar-refractivity contribution in [2.75, 3.05) is 0 Å². The summed E-state index contributed by atoms with van der Waals surface area (Å²) in [6.45, 7) is 2.22. The van der Waals surface area contributed by atoms with Crippen molar-refractivity contribution in [1.82, 2.24) is 4.98 Å². The monoisotopic (exact) mass is 266 g/mol. The summed E-state index contributed by atoms with van der Waals surface area (Å²) < 4.78 is 19.3. The largest absolute Gasteiger partial charge is 0.485 e. The molecule has 0 radical (unpaired) electrons. The topological polar surface area (TPSA) is 48.1 Å². The first-order valence-corrected chi connectivity index (χ1v) is 6.58. The van der Waals surface area contributed by atoms with Crippen molar-refractivity contribution in [2.45, 2.75) is 26.0 Å². The summed E-state index contributed by atoms with van der Waals surface area (Å²) in [6, 6.07) is 4.88. The minimum absolute atomic E-state index is 0.0300. The lowest BCUT2D eigenvalue weighted by atomic mass is 10.1. The molecule has 0 amide bonds. The summed E-state index contributed by atoms with van der Waals surface area (Å²) in [4.78, 5) is 4.92. The van der Waals surface area contributed by atoms with E-state index in [-0.39, 0.29) is 11.9 Å². The van der Waals surface area contributed by atoms with Gasteiger partial charge in [0.25, 0.3) is 0 Å². The molecule has 2 aromatic rings. The van der Waals surface area contributed by atoms with Crippen molar-refractivity contribution in [1.29, 1.82) is 0 Å². The standard InChI is InChI=1S/C13H15FN2OS/c1-9(15)5-10-3-2-4-12(14)13(10)17-7-11-6-16-8-18-11/h2-4,6,8-9H,5,7,15H2,1H3. The van der Waals surface area contributed by atoms with Crippen LogP contribution in [0.4, 0.5) is 4.39 Å². The van der Waals surface area contributed by atoms with Crippen LogP contribution >= 0.6 is 11.3 Å². The van der Waals surface area contributed by atoms with E-state index in [4.69, 9.17) is 10.5 Å². The van der Waals surface area contributed by atoms with Crippen molar-refractivity contribution < 1.29 is 9.13 Å². The van der Waals surface area contributed by atoms with Crippen LogP contribution in [0.5, 0.6) is 5.75 Å². The summed E-state index contributed by atoms with van der Waals surface area (Å²) in [5, 5.41) is 0. The van der Waals surface area contributed by atoms with Crippen molar-refractivity contribution in [2.24, 2.45) is 5.73 Å². The van der Waals surface area contributed by atoms with E-state index in [9.17, 15) is 4.39 Å². The number of nitrogens with zero attached hydrogens (tertiary/aromatic N) is 1. The van der Waals surface area contributed by atoms with Gasteiger partial charge in [-0.3, -0.25) is 4.98 Å². The van der Waals surface area contributed by atoms with Crippen LogP contribution in [0.2, 0.25) is 0 Å². The molecule has 1 aromatic carbocycles. The van der Waals surface area contributed by atoms with E-state index in [0.29, 0.717) is 18.8 Å². The van der Waals surface area contributed by atoms with Gasteiger partial charge < -0.3 is 10.5 Å². The second-order valence-electron chi connectivity index (χ2n) is 4.17. The zero-order valence-corrected chi connectivity index (χ0v) is 10.9. The molecule has 0 aliphatic carbocycles. The van der Waals surface area contributed by atoms with Gasteiger partial charge in [-0.15, -0.1) is 11.3 Å². The molecule has 2 rings (SSSR count). The van der Waals surface area contributed by atoms with Crippen LogP contribution in [0.1, 0.15) is 17.4 Å². The molecular weight excluding hydrogens is 251 g/mol. The van der Waals surface area contributed by atoms with Gasteiger partial charge in [0.2, 0.25) is 0 Å². The molecule has 0 fully saturated rings. The number of aromatic nitrogens is 1. The summed E-state index contributed by atoms with van der Waals surface area (Å²) in [5.41, 5.74) is 8.27. The summed E-state index contributed by atoms with van der Waals surface area (Å²) in [7, 11) is 0. The third kappa shape index (κ3) is 3.27. The maximum atomic E-state index is 13.8. The highest BCUT2D eigenvalue weighted by atomic mass is 32.1. The van der Waals surface area contributed by atoms with Gasteiger partial charge in [-0.2, -0.15) is 0 Å². The Labute approximate surface area is 109 Å². The van der Waals surface area contributed by atoms with Crippen LogP contribution < -0.4 is 10.5 Å². The van der Waals surface area contributed by atoms with Gasteiger partial charge in [-0.25, -0.2) is 4.39 Å². The van der Waals surface area contributed by atoms with Gasteiger partial charge in [0.05, 0.1) is 10.4 Å². The molecule has 1 aromatic heterocycles. The number of halogens is 1. The Kier molecular flexibility index (Phi) is 4.28. The number of thiazole rings is 1. The first-order chi connectivity index (χ1) is 8.66. The number of rotatable bonds is 5. The van der Waals surface area contributed by atoms with E-state index in [0.717, 1.165) is 10.4 Å². The molecule has 1 unspecified atom stereocenters. The van der Waals surface area contributed by atoms with Crippen molar-refractivity contribution in [3.63, 3.8) is 0 Å². The molecule has 1 atom stereocenters. The van der Waals surface area contributed by atoms with E-state index >= 15 is 0 Å². The van der Waals surface area contributed by atoms with E-state index < -0.39 is 0 Å². The lowest BCUT2D eigenvalue weighted by Crippen LogP contribution is -2.18. The number of ether oxygens (including phenoxy) is 1. The van der Waals surface area contributed by atoms with E-state index in [2.05, 4.69) is 4.98 Å². The Morgan fingerprint density at radius 1 is 1.50 bits per heavy atom. The molecular formula is C13H15FN2OS. The first kappa shape index (κ1) is 13.0. The second-order valence-corrected chi connectivity index (χ2v) is 5.14. The number of nitrogens with two attached hydrogens (primary N) is 1. The maximum Gasteiger partial charge on any atom is 0.165 e. The predicted octanol–water partition coefficient (Wildman–Crippen LogP) is 2.75. The highest BCUT2D eigenvalue weighted by Crippen LogP contribution is 2.25. The van der Waals surface area contributed by atoms with Crippen molar-refractivity contribution >= 4 is 11.3 Å². The summed E-state index contributed by atoms with van der Waals surface area (Å²) in [5.74, 6) is -0.0548. The zero-order valence-electron chi connectivity index (χ0n) is 10.1. The molecule has 2 N–H and O–H groups in total. The van der Waals surface area contributed by atoms with E-state index in [1.54, 1.807) is 17.8 Å². The molecule has 0 saturated heterocycles. The second kappa shape index (κ2) is 5.93. The number of hydrogen-bond donors (Lipinski definition) is 1. The van der Waals surface area contributed by atoms with Gasteiger partial charge in [0.15, 0.2) is 11.6 Å². The van der Waals surface area contributed by atoms with Crippen molar-refractivity contribution in [3.05, 3.63) is 46.2 Å². The first-order valence-electron chi connectivity index (χ1n) is 5.70. The average molecular weight is 266 g/mol. The summed E-state index contributed by atoms with van der Waals surface area (Å²) in [6.07, 6.45) is 2.31. The average Bonchev–Trinajstić information content (AvgIpc) is 2.80. The maximum absolute atomic E-state index is 13.8.